The van der Waals surface area contributed by atoms with Crippen LogP contribution in [0.15, 0.2) is 65.6 Å². The molecule has 16 heteroatoms. The number of anilines is 2. The number of para-hydroxylation sites is 1. The molecule has 1 aliphatic carbocycles. The summed E-state index contributed by atoms with van der Waals surface area (Å²) < 4.78 is 44.3. The maximum atomic E-state index is 13.4. The number of nitrogens with zero attached hydrogens (tertiary/aromatic N) is 7. The van der Waals surface area contributed by atoms with Crippen LogP contribution in [0, 0.1) is 5.92 Å². The third-order valence-electron chi connectivity index (χ3n) is 11.2. The second-order valence-corrected chi connectivity index (χ2v) is 14.7. The Bertz CT molecular complexity index is 2330. The van der Waals surface area contributed by atoms with Crippen molar-refractivity contribution in [3.8, 4) is 0 Å². The van der Waals surface area contributed by atoms with Gasteiger partial charge in [-0.3, -0.25) is 38.4 Å². The summed E-state index contributed by atoms with van der Waals surface area (Å²) in [6, 6.07) is 14.0. The molecule has 0 bridgehead atoms. The Morgan fingerprint density at radius 1 is 1.00 bits per heavy atom. The van der Waals surface area contributed by atoms with Crippen LogP contribution in [0.3, 0.4) is 0 Å². The van der Waals surface area contributed by atoms with Crippen LogP contribution in [0.2, 0.25) is 0 Å². The van der Waals surface area contributed by atoms with Gasteiger partial charge in [-0.15, -0.1) is 0 Å². The molecule has 1 saturated carbocycles. The largest absolute Gasteiger partial charge is 0.433 e. The fourth-order valence-electron chi connectivity index (χ4n) is 8.25. The number of aryl methyl sites for hydroxylation is 1. The lowest BCUT2D eigenvalue weighted by molar-refractivity contribution is -0.141. The van der Waals surface area contributed by atoms with Gasteiger partial charge in [0.15, 0.2) is 0 Å². The fourth-order valence-corrected chi connectivity index (χ4v) is 8.25. The van der Waals surface area contributed by atoms with E-state index in [0.717, 1.165) is 79.6 Å². The number of alkyl halides is 3. The molecule has 54 heavy (non-hydrogen) atoms. The summed E-state index contributed by atoms with van der Waals surface area (Å²) in [5, 5.41) is 10.6. The van der Waals surface area contributed by atoms with Gasteiger partial charge in [0.2, 0.25) is 11.8 Å². The van der Waals surface area contributed by atoms with Crippen molar-refractivity contribution >= 4 is 51.0 Å². The first-order chi connectivity index (χ1) is 25.8. The third kappa shape index (κ3) is 6.63. The highest BCUT2D eigenvalue weighted by Gasteiger charge is 2.36. The summed E-state index contributed by atoms with van der Waals surface area (Å²) in [6.07, 6.45) is 1.92. The highest BCUT2D eigenvalue weighted by molar-refractivity contribution is 6.04. The van der Waals surface area contributed by atoms with E-state index in [9.17, 15) is 32.3 Å². The van der Waals surface area contributed by atoms with Crippen molar-refractivity contribution in [3.63, 3.8) is 0 Å². The zero-order valence-electron chi connectivity index (χ0n) is 29.8. The van der Waals surface area contributed by atoms with Crippen molar-refractivity contribution in [2.24, 2.45) is 13.0 Å². The van der Waals surface area contributed by atoms with Crippen LogP contribution in [0.25, 0.3) is 21.9 Å². The van der Waals surface area contributed by atoms with Crippen LogP contribution >= 0.6 is 0 Å². The van der Waals surface area contributed by atoms with E-state index in [0.29, 0.717) is 23.5 Å². The molecule has 3 aromatic heterocycles. The molecule has 5 aromatic rings. The number of rotatable bonds is 8. The Balaban J connectivity index is 0.853. The minimum Gasteiger partial charge on any atom is -0.367 e. The number of imidazole rings is 1. The quantitative estimate of drug-likeness (QED) is 0.215. The van der Waals surface area contributed by atoms with Gasteiger partial charge in [0.25, 0.3) is 5.91 Å². The van der Waals surface area contributed by atoms with Gasteiger partial charge < -0.3 is 10.2 Å². The Labute approximate surface area is 307 Å². The molecule has 1 atom stereocenters. The first-order valence-electron chi connectivity index (χ1n) is 18.2. The highest BCUT2D eigenvalue weighted by Crippen LogP contribution is 2.36. The number of hydrogen-bond donors (Lipinski definition) is 2. The average Bonchev–Trinajstić information content (AvgIpc) is 3.67. The zero-order valence-corrected chi connectivity index (χ0v) is 29.8. The zero-order chi connectivity index (χ0) is 37.9. The topological polar surface area (TPSA) is 139 Å². The predicted molar refractivity (Wildman–Crippen MR) is 195 cm³/mol. The van der Waals surface area contributed by atoms with E-state index in [4.69, 9.17) is 5.10 Å². The molecule has 3 amide bonds. The molecule has 2 saturated heterocycles. The van der Waals surface area contributed by atoms with E-state index in [1.54, 1.807) is 29.8 Å². The molecule has 13 nitrogen and oxygen atoms in total. The minimum absolute atomic E-state index is 0.194. The maximum absolute atomic E-state index is 13.4. The number of carbonyl (C=O) groups is 3. The van der Waals surface area contributed by atoms with Gasteiger partial charge in [-0.1, -0.05) is 12.1 Å². The number of aromatic nitrogens is 5. The molecule has 1 unspecified atom stereocenters. The highest BCUT2D eigenvalue weighted by atomic mass is 19.4. The lowest BCUT2D eigenvalue weighted by atomic mass is 9.85. The van der Waals surface area contributed by atoms with Gasteiger partial charge in [0.1, 0.15) is 17.4 Å². The van der Waals surface area contributed by atoms with E-state index < -0.39 is 29.7 Å². The Kier molecular flexibility index (Phi) is 9.02. The maximum Gasteiger partial charge on any atom is 0.433 e. The molecule has 0 radical (unpaired) electrons. The molecule has 2 aliphatic heterocycles. The lowest BCUT2D eigenvalue weighted by Gasteiger charge is -2.47. The van der Waals surface area contributed by atoms with Crippen molar-refractivity contribution in [3.05, 3.63) is 82.7 Å². The van der Waals surface area contributed by atoms with Crippen LogP contribution < -0.4 is 21.2 Å². The first kappa shape index (κ1) is 35.5. The first-order valence-corrected chi connectivity index (χ1v) is 18.2. The molecule has 0 spiro atoms. The fraction of sp³-hybridized carbons (Fsp3) is 0.421. The second-order valence-electron chi connectivity index (χ2n) is 14.7. The molecule has 3 fully saturated rings. The summed E-state index contributed by atoms with van der Waals surface area (Å²) >= 11 is 0. The summed E-state index contributed by atoms with van der Waals surface area (Å²) in [5.41, 5.74) is 1.87. The molecule has 2 N–H and O–H groups in total. The number of imide groups is 1. The summed E-state index contributed by atoms with van der Waals surface area (Å²) in [5.74, 6) is -0.924. The van der Waals surface area contributed by atoms with Gasteiger partial charge in [-0.05, 0) is 80.5 Å². The molecule has 3 aliphatic rings. The standard InChI is InChI=1S/C38H40F3N9O4/c1-46(29-6-4-7-30-34(29)47(2)37(54)50(30)31-15-16-33(51)44-36(31)53)26-20-48(21-26)18-22-9-12-25(13-10-22)49-19-23-17-24(11-14-27(23)45-49)42-35(52)28-5-3-8-32(43-28)38(39,40)41/h3-8,11,14,17,19,22,25-26,31H,9-10,12-13,15-16,18,20-21H2,1-2H3,(H,42,52)(H,44,51,53). The van der Waals surface area contributed by atoms with Crippen LogP contribution in [-0.2, 0) is 22.8 Å². The number of carbonyl (C=O) groups excluding carboxylic acids is 3. The number of hydrogen-bond acceptors (Lipinski definition) is 8. The number of halogens is 3. The summed E-state index contributed by atoms with van der Waals surface area (Å²) in [6.45, 7) is 2.82. The number of pyridine rings is 1. The SMILES string of the molecule is CN(c1cccc2c1n(C)c(=O)n2C1CCC(=O)NC1=O)C1CN(CC2CCC(n3cc4cc(NC(=O)c5cccc(C(F)(F)F)n5)ccc4n3)CC2)C1. The van der Waals surface area contributed by atoms with E-state index in [-0.39, 0.29) is 35.8 Å². The van der Waals surface area contributed by atoms with E-state index in [1.807, 2.05) is 36.1 Å². The van der Waals surface area contributed by atoms with E-state index in [2.05, 4.69) is 25.4 Å². The minimum atomic E-state index is -4.64. The van der Waals surface area contributed by atoms with Crippen molar-refractivity contribution < 1.29 is 27.6 Å². The van der Waals surface area contributed by atoms with Gasteiger partial charge in [0, 0.05) is 57.4 Å². The number of piperidine rings is 1. The van der Waals surface area contributed by atoms with E-state index in [1.165, 1.54) is 10.6 Å². The van der Waals surface area contributed by atoms with Crippen LogP contribution in [0.1, 0.15) is 66.8 Å². The molecular weight excluding hydrogens is 703 g/mol. The van der Waals surface area contributed by atoms with Crippen molar-refractivity contribution in [2.75, 3.05) is 36.9 Å². The number of benzene rings is 2. The average molecular weight is 744 g/mol. The van der Waals surface area contributed by atoms with Gasteiger partial charge in [0.05, 0.1) is 34.3 Å². The third-order valence-corrected chi connectivity index (χ3v) is 11.2. The number of likely N-dealkylation sites (N-methyl/N-ethyl adjacent to an activating group) is 1. The lowest BCUT2D eigenvalue weighted by Crippen LogP contribution is -2.59. The number of likely N-dealkylation sites (tertiary alicyclic amines) is 1. The summed E-state index contributed by atoms with van der Waals surface area (Å²) in [7, 11) is 3.77. The van der Waals surface area contributed by atoms with Crippen LogP contribution in [0.4, 0.5) is 24.5 Å². The normalized spacial score (nSPS) is 21.3. The van der Waals surface area contributed by atoms with Crippen molar-refractivity contribution in [2.45, 2.75) is 62.8 Å². The van der Waals surface area contributed by atoms with Gasteiger partial charge in [-0.2, -0.15) is 18.3 Å². The molecule has 282 valence electrons. The molecule has 2 aromatic carbocycles. The van der Waals surface area contributed by atoms with Crippen LogP contribution in [-0.4, -0.2) is 79.2 Å². The Hall–Kier alpha value is -5.51. The number of nitrogens with one attached hydrogen (secondary N) is 2. The Morgan fingerprint density at radius 2 is 1.76 bits per heavy atom. The second kappa shape index (κ2) is 13.7. The monoisotopic (exact) mass is 743 g/mol. The van der Waals surface area contributed by atoms with Crippen LogP contribution in [0.5, 0.6) is 0 Å². The molecule has 5 heterocycles. The van der Waals surface area contributed by atoms with Crippen molar-refractivity contribution in [1.82, 2.24) is 34.1 Å². The van der Waals surface area contributed by atoms with Gasteiger partial charge >= 0.3 is 11.9 Å². The molecular formula is C38H40F3N9O4. The Morgan fingerprint density at radius 3 is 2.50 bits per heavy atom. The van der Waals surface area contributed by atoms with Gasteiger partial charge in [-0.25, -0.2) is 9.78 Å². The van der Waals surface area contributed by atoms with Crippen molar-refractivity contribution in [1.29, 1.82) is 0 Å². The number of fused-ring (bicyclic) bond motifs is 2. The van der Waals surface area contributed by atoms with E-state index >= 15 is 0 Å². The number of amides is 3. The molecule has 8 rings (SSSR count). The smallest absolute Gasteiger partial charge is 0.367 e. The summed E-state index contributed by atoms with van der Waals surface area (Å²) in [4.78, 5) is 58.6. The predicted octanol–water partition coefficient (Wildman–Crippen LogP) is 4.89.